The first-order valence-electron chi connectivity index (χ1n) is 7.60. The summed E-state index contributed by atoms with van der Waals surface area (Å²) in [6.07, 6.45) is 2.34. The highest BCUT2D eigenvalue weighted by Gasteiger charge is 2.22. The standard InChI is InChI=1S/C18H19NO2/c1-2-6-15-13(4-1)8-9-16(15)19-12-14-5-3-7-17-18(14)21-11-10-20-17/h1-7,16,19H,8-12H2/t16-/m1/s1. The molecule has 0 amide bonds. The number of hydrogen-bond acceptors (Lipinski definition) is 3. The van der Waals surface area contributed by atoms with E-state index in [0.717, 1.165) is 18.0 Å². The molecule has 0 radical (unpaired) electrons. The highest BCUT2D eigenvalue weighted by molar-refractivity contribution is 5.47. The Hall–Kier alpha value is -2.00. The molecule has 4 rings (SSSR count). The van der Waals surface area contributed by atoms with Crippen molar-refractivity contribution in [2.75, 3.05) is 13.2 Å². The first-order chi connectivity index (χ1) is 10.4. The third-order valence-electron chi connectivity index (χ3n) is 4.32. The van der Waals surface area contributed by atoms with Gasteiger partial charge in [-0.2, -0.15) is 0 Å². The van der Waals surface area contributed by atoms with Gasteiger partial charge in [0.05, 0.1) is 0 Å². The number of nitrogens with one attached hydrogen (secondary N) is 1. The predicted molar refractivity (Wildman–Crippen MR) is 81.8 cm³/mol. The summed E-state index contributed by atoms with van der Waals surface area (Å²) in [5, 5.41) is 3.67. The van der Waals surface area contributed by atoms with Crippen LogP contribution in [0, 0.1) is 0 Å². The van der Waals surface area contributed by atoms with E-state index >= 15 is 0 Å². The van der Waals surface area contributed by atoms with E-state index in [-0.39, 0.29) is 0 Å². The van der Waals surface area contributed by atoms with Crippen LogP contribution in [-0.4, -0.2) is 13.2 Å². The highest BCUT2D eigenvalue weighted by atomic mass is 16.6. The van der Waals surface area contributed by atoms with Gasteiger partial charge in [0.15, 0.2) is 11.5 Å². The summed E-state index contributed by atoms with van der Waals surface area (Å²) in [6.45, 7) is 2.09. The van der Waals surface area contributed by atoms with Crippen molar-refractivity contribution in [2.45, 2.75) is 25.4 Å². The molecule has 0 unspecified atom stereocenters. The molecule has 0 spiro atoms. The van der Waals surface area contributed by atoms with Crippen molar-refractivity contribution in [1.29, 1.82) is 0 Å². The zero-order valence-corrected chi connectivity index (χ0v) is 12.0. The van der Waals surface area contributed by atoms with Crippen molar-refractivity contribution in [3.63, 3.8) is 0 Å². The molecule has 21 heavy (non-hydrogen) atoms. The fourth-order valence-electron chi connectivity index (χ4n) is 3.28. The van der Waals surface area contributed by atoms with Crippen LogP contribution in [0.4, 0.5) is 0 Å². The van der Waals surface area contributed by atoms with E-state index in [1.807, 2.05) is 12.1 Å². The number of rotatable bonds is 3. The van der Waals surface area contributed by atoms with Gasteiger partial charge in [0.2, 0.25) is 0 Å². The van der Waals surface area contributed by atoms with Gasteiger partial charge in [-0.25, -0.2) is 0 Å². The normalized spacial score (nSPS) is 19.3. The van der Waals surface area contributed by atoms with Crippen molar-refractivity contribution in [2.24, 2.45) is 0 Å². The van der Waals surface area contributed by atoms with E-state index in [2.05, 4.69) is 35.6 Å². The Bertz CT molecular complexity index is 653. The summed E-state index contributed by atoms with van der Waals surface area (Å²) in [6, 6.07) is 15.3. The van der Waals surface area contributed by atoms with Gasteiger partial charge >= 0.3 is 0 Å². The van der Waals surface area contributed by atoms with Gasteiger partial charge in [0, 0.05) is 18.2 Å². The van der Waals surface area contributed by atoms with Gasteiger partial charge in [-0.05, 0) is 30.0 Å². The molecule has 0 fully saturated rings. The molecule has 1 N–H and O–H groups in total. The van der Waals surface area contributed by atoms with E-state index in [9.17, 15) is 0 Å². The summed E-state index contributed by atoms with van der Waals surface area (Å²) >= 11 is 0. The Labute approximate surface area is 124 Å². The second-order valence-electron chi connectivity index (χ2n) is 5.61. The number of aryl methyl sites for hydroxylation is 1. The second-order valence-corrected chi connectivity index (χ2v) is 5.61. The SMILES string of the molecule is c1ccc2c(c1)CC[C@H]2NCc1cccc2c1OCCO2. The largest absolute Gasteiger partial charge is 0.486 e. The Balaban J connectivity index is 1.51. The number of fused-ring (bicyclic) bond motifs is 2. The minimum absolute atomic E-state index is 0.446. The van der Waals surface area contributed by atoms with E-state index in [4.69, 9.17) is 9.47 Å². The fourth-order valence-corrected chi connectivity index (χ4v) is 3.28. The van der Waals surface area contributed by atoms with Gasteiger partial charge in [0.25, 0.3) is 0 Å². The van der Waals surface area contributed by atoms with Crippen LogP contribution in [-0.2, 0) is 13.0 Å². The molecule has 108 valence electrons. The lowest BCUT2D eigenvalue weighted by molar-refractivity contribution is 0.169. The molecule has 3 heteroatoms. The summed E-state index contributed by atoms with van der Waals surface area (Å²) < 4.78 is 11.4. The molecular weight excluding hydrogens is 262 g/mol. The van der Waals surface area contributed by atoms with Crippen molar-refractivity contribution in [3.05, 3.63) is 59.2 Å². The average molecular weight is 281 g/mol. The van der Waals surface area contributed by atoms with Crippen molar-refractivity contribution >= 4 is 0 Å². The third-order valence-corrected chi connectivity index (χ3v) is 4.32. The molecule has 0 saturated heterocycles. The lowest BCUT2D eigenvalue weighted by Crippen LogP contribution is -2.21. The lowest BCUT2D eigenvalue weighted by Gasteiger charge is -2.22. The molecule has 3 nitrogen and oxygen atoms in total. The molecule has 1 aliphatic heterocycles. The summed E-state index contributed by atoms with van der Waals surface area (Å²) in [5.41, 5.74) is 4.10. The van der Waals surface area contributed by atoms with E-state index in [1.54, 1.807) is 0 Å². The second kappa shape index (κ2) is 5.41. The fraction of sp³-hybridized carbons (Fsp3) is 0.333. The van der Waals surface area contributed by atoms with Crippen molar-refractivity contribution in [1.82, 2.24) is 5.32 Å². The summed E-state index contributed by atoms with van der Waals surface area (Å²) in [4.78, 5) is 0. The molecule has 0 aromatic heterocycles. The summed E-state index contributed by atoms with van der Waals surface area (Å²) in [5.74, 6) is 1.77. The maximum atomic E-state index is 5.77. The number of hydrogen-bond donors (Lipinski definition) is 1. The summed E-state index contributed by atoms with van der Waals surface area (Å²) in [7, 11) is 0. The molecule has 0 saturated carbocycles. The minimum Gasteiger partial charge on any atom is -0.486 e. The van der Waals surface area contributed by atoms with Gasteiger partial charge in [-0.15, -0.1) is 0 Å². The zero-order chi connectivity index (χ0) is 14.1. The van der Waals surface area contributed by atoms with Crippen LogP contribution in [0.2, 0.25) is 0 Å². The Morgan fingerprint density at radius 3 is 2.90 bits per heavy atom. The zero-order valence-electron chi connectivity index (χ0n) is 12.0. The maximum Gasteiger partial charge on any atom is 0.165 e. The molecule has 2 aliphatic rings. The van der Waals surface area contributed by atoms with Crippen LogP contribution in [0.25, 0.3) is 0 Å². The van der Waals surface area contributed by atoms with Crippen LogP contribution < -0.4 is 14.8 Å². The monoisotopic (exact) mass is 281 g/mol. The number of para-hydroxylation sites is 1. The quantitative estimate of drug-likeness (QED) is 0.937. The van der Waals surface area contributed by atoms with Crippen LogP contribution in [0.1, 0.15) is 29.2 Å². The van der Waals surface area contributed by atoms with Crippen LogP contribution >= 0.6 is 0 Å². The number of benzene rings is 2. The Morgan fingerprint density at radius 1 is 1.00 bits per heavy atom. The highest BCUT2D eigenvalue weighted by Crippen LogP contribution is 2.35. The first-order valence-corrected chi connectivity index (χ1v) is 7.60. The molecule has 0 bridgehead atoms. The molecule has 2 aromatic carbocycles. The van der Waals surface area contributed by atoms with E-state index in [1.165, 1.54) is 29.5 Å². The van der Waals surface area contributed by atoms with Gasteiger partial charge in [-0.3, -0.25) is 0 Å². The van der Waals surface area contributed by atoms with Crippen molar-refractivity contribution in [3.8, 4) is 11.5 Å². The predicted octanol–water partition coefficient (Wildman–Crippen LogP) is 3.23. The molecule has 1 aliphatic carbocycles. The minimum atomic E-state index is 0.446. The average Bonchev–Trinajstić information content (AvgIpc) is 2.96. The Kier molecular flexibility index (Phi) is 3.28. The molecular formula is C18H19NO2. The van der Waals surface area contributed by atoms with Crippen LogP contribution in [0.5, 0.6) is 11.5 Å². The third kappa shape index (κ3) is 2.38. The Morgan fingerprint density at radius 2 is 1.90 bits per heavy atom. The van der Waals surface area contributed by atoms with Gasteiger partial charge in [-0.1, -0.05) is 36.4 Å². The first kappa shape index (κ1) is 12.7. The van der Waals surface area contributed by atoms with Crippen LogP contribution in [0.3, 0.4) is 0 Å². The topological polar surface area (TPSA) is 30.5 Å². The van der Waals surface area contributed by atoms with E-state index in [0.29, 0.717) is 19.3 Å². The van der Waals surface area contributed by atoms with Gasteiger partial charge < -0.3 is 14.8 Å². The van der Waals surface area contributed by atoms with E-state index < -0.39 is 0 Å². The van der Waals surface area contributed by atoms with Crippen LogP contribution in [0.15, 0.2) is 42.5 Å². The number of ether oxygens (including phenoxy) is 2. The lowest BCUT2D eigenvalue weighted by atomic mass is 10.1. The van der Waals surface area contributed by atoms with Gasteiger partial charge in [0.1, 0.15) is 13.2 Å². The smallest absolute Gasteiger partial charge is 0.165 e. The maximum absolute atomic E-state index is 5.77. The molecule has 1 atom stereocenters. The van der Waals surface area contributed by atoms with Crippen molar-refractivity contribution < 1.29 is 9.47 Å². The molecule has 2 aromatic rings. The molecule has 1 heterocycles.